The number of rotatable bonds is 4. The first kappa shape index (κ1) is 17.0. The summed E-state index contributed by atoms with van der Waals surface area (Å²) in [5, 5.41) is 6.44. The van der Waals surface area contributed by atoms with Gasteiger partial charge in [-0.2, -0.15) is 5.10 Å². The topological polar surface area (TPSA) is 38.1 Å². The minimum absolute atomic E-state index is 0.161. The molecule has 4 aromatic rings. The number of amides is 1. The van der Waals surface area contributed by atoms with E-state index in [4.69, 9.17) is 0 Å². The molecule has 0 unspecified atom stereocenters. The van der Waals surface area contributed by atoms with E-state index in [2.05, 4.69) is 29.4 Å². The van der Waals surface area contributed by atoms with Crippen LogP contribution in [0.3, 0.4) is 0 Å². The van der Waals surface area contributed by atoms with Gasteiger partial charge in [-0.1, -0.05) is 48.5 Å². The van der Waals surface area contributed by atoms with Gasteiger partial charge in [0, 0.05) is 19.8 Å². The second-order valence-electron chi connectivity index (χ2n) is 6.47. The molecule has 0 aliphatic rings. The molecule has 0 spiro atoms. The maximum absolute atomic E-state index is 13.9. The van der Waals surface area contributed by atoms with Crippen LogP contribution in [-0.4, -0.2) is 27.6 Å². The number of nitrogens with zero attached hydrogens (tertiary/aromatic N) is 3. The number of carbonyl (C=O) groups is 1. The number of aromatic nitrogens is 2. The number of hydrogen-bond acceptors (Lipinski definition) is 2. The van der Waals surface area contributed by atoms with Crippen LogP contribution in [0.5, 0.6) is 0 Å². The number of carbonyl (C=O) groups excluding carboxylic acids is 1. The number of halogens is 1. The van der Waals surface area contributed by atoms with Gasteiger partial charge in [0.1, 0.15) is 11.5 Å². The van der Waals surface area contributed by atoms with E-state index in [0.29, 0.717) is 17.8 Å². The molecule has 0 radical (unpaired) electrons. The molecule has 134 valence electrons. The van der Waals surface area contributed by atoms with Crippen molar-refractivity contribution in [3.8, 4) is 5.69 Å². The minimum Gasteiger partial charge on any atom is -0.337 e. The van der Waals surface area contributed by atoms with Gasteiger partial charge >= 0.3 is 0 Å². The van der Waals surface area contributed by atoms with Gasteiger partial charge in [-0.15, -0.1) is 0 Å². The summed E-state index contributed by atoms with van der Waals surface area (Å²) < 4.78 is 15.3. The zero-order chi connectivity index (χ0) is 18.8. The van der Waals surface area contributed by atoms with E-state index in [0.717, 1.165) is 10.9 Å². The van der Waals surface area contributed by atoms with Crippen molar-refractivity contribution >= 4 is 16.7 Å². The summed E-state index contributed by atoms with van der Waals surface area (Å²) in [4.78, 5) is 14.4. The zero-order valence-electron chi connectivity index (χ0n) is 14.8. The number of para-hydroxylation sites is 1. The highest BCUT2D eigenvalue weighted by atomic mass is 19.1. The molecule has 3 aromatic carbocycles. The SMILES string of the molecule is CN(Cc1ccc2ccccc2c1)C(=O)c1cnn(-c2ccccc2F)c1. The van der Waals surface area contributed by atoms with Gasteiger partial charge in [0.15, 0.2) is 0 Å². The van der Waals surface area contributed by atoms with Crippen LogP contribution in [0.25, 0.3) is 16.5 Å². The normalized spacial score (nSPS) is 10.9. The Hall–Kier alpha value is -3.47. The maximum Gasteiger partial charge on any atom is 0.257 e. The average molecular weight is 359 g/mol. The molecule has 0 N–H and O–H groups in total. The Kier molecular flexibility index (Phi) is 4.42. The van der Waals surface area contributed by atoms with Crippen LogP contribution in [0, 0.1) is 5.82 Å². The largest absolute Gasteiger partial charge is 0.337 e. The van der Waals surface area contributed by atoms with Crippen molar-refractivity contribution in [2.24, 2.45) is 0 Å². The monoisotopic (exact) mass is 359 g/mol. The fourth-order valence-electron chi connectivity index (χ4n) is 3.11. The highest BCUT2D eigenvalue weighted by Crippen LogP contribution is 2.18. The summed E-state index contributed by atoms with van der Waals surface area (Å²) in [6.45, 7) is 0.481. The van der Waals surface area contributed by atoms with Crippen molar-refractivity contribution < 1.29 is 9.18 Å². The van der Waals surface area contributed by atoms with E-state index in [-0.39, 0.29) is 11.7 Å². The van der Waals surface area contributed by atoms with Crippen molar-refractivity contribution in [2.45, 2.75) is 6.54 Å². The molecule has 4 nitrogen and oxygen atoms in total. The van der Waals surface area contributed by atoms with E-state index in [9.17, 15) is 9.18 Å². The Labute approximate surface area is 156 Å². The van der Waals surface area contributed by atoms with Crippen LogP contribution in [0.4, 0.5) is 4.39 Å². The molecule has 0 saturated carbocycles. The summed E-state index contributed by atoms with van der Waals surface area (Å²) in [6.07, 6.45) is 3.02. The number of hydrogen-bond donors (Lipinski definition) is 0. The summed E-state index contributed by atoms with van der Waals surface area (Å²) in [6, 6.07) is 20.6. The second kappa shape index (κ2) is 7.03. The second-order valence-corrected chi connectivity index (χ2v) is 6.47. The lowest BCUT2D eigenvalue weighted by molar-refractivity contribution is 0.0785. The van der Waals surface area contributed by atoms with E-state index in [1.807, 2.05) is 18.2 Å². The molecule has 4 rings (SSSR count). The van der Waals surface area contributed by atoms with Crippen LogP contribution in [0.15, 0.2) is 79.1 Å². The molecular weight excluding hydrogens is 341 g/mol. The third kappa shape index (κ3) is 3.44. The molecule has 0 atom stereocenters. The molecule has 0 fully saturated rings. The van der Waals surface area contributed by atoms with Gasteiger partial charge in [0.25, 0.3) is 5.91 Å². The summed E-state index contributed by atoms with van der Waals surface area (Å²) in [5.41, 5.74) is 1.78. The van der Waals surface area contributed by atoms with Crippen molar-refractivity contribution in [1.82, 2.24) is 14.7 Å². The molecule has 1 aromatic heterocycles. The van der Waals surface area contributed by atoms with Gasteiger partial charge in [0.2, 0.25) is 0 Å². The Morgan fingerprint density at radius 1 is 1.04 bits per heavy atom. The smallest absolute Gasteiger partial charge is 0.257 e. The van der Waals surface area contributed by atoms with Crippen molar-refractivity contribution in [3.05, 3.63) is 96.1 Å². The molecule has 1 amide bonds. The highest BCUT2D eigenvalue weighted by molar-refractivity contribution is 5.93. The Bertz CT molecular complexity index is 1120. The van der Waals surface area contributed by atoms with E-state index in [1.165, 1.54) is 22.3 Å². The van der Waals surface area contributed by atoms with E-state index < -0.39 is 0 Å². The Morgan fingerprint density at radius 2 is 1.78 bits per heavy atom. The third-order valence-corrected chi connectivity index (χ3v) is 4.51. The zero-order valence-corrected chi connectivity index (χ0v) is 14.8. The standard InChI is InChI=1S/C22H18FN3O/c1-25(14-16-10-11-17-6-2-3-7-18(17)12-16)22(27)19-13-24-26(15-19)21-9-5-4-8-20(21)23/h2-13,15H,14H2,1H3. The third-order valence-electron chi connectivity index (χ3n) is 4.51. The lowest BCUT2D eigenvalue weighted by Gasteiger charge is -2.16. The first-order chi connectivity index (χ1) is 13.1. The number of fused-ring (bicyclic) bond motifs is 1. The molecule has 1 heterocycles. The average Bonchev–Trinajstić information content (AvgIpc) is 3.17. The number of benzene rings is 3. The molecule has 0 saturated heterocycles. The summed E-state index contributed by atoms with van der Waals surface area (Å²) in [7, 11) is 1.75. The molecule has 27 heavy (non-hydrogen) atoms. The predicted octanol–water partition coefficient (Wildman–Crippen LogP) is 4.44. The first-order valence-corrected chi connectivity index (χ1v) is 8.64. The fourth-order valence-corrected chi connectivity index (χ4v) is 3.11. The van der Waals surface area contributed by atoms with E-state index >= 15 is 0 Å². The first-order valence-electron chi connectivity index (χ1n) is 8.64. The molecular formula is C22H18FN3O. The van der Waals surface area contributed by atoms with Gasteiger partial charge in [0.05, 0.1) is 11.8 Å². The van der Waals surface area contributed by atoms with Crippen molar-refractivity contribution in [3.63, 3.8) is 0 Å². The van der Waals surface area contributed by atoms with Gasteiger partial charge in [-0.25, -0.2) is 9.07 Å². The molecule has 0 aliphatic heterocycles. The van der Waals surface area contributed by atoms with Crippen molar-refractivity contribution in [2.75, 3.05) is 7.05 Å². The lowest BCUT2D eigenvalue weighted by Crippen LogP contribution is -2.25. The van der Waals surface area contributed by atoms with E-state index in [1.54, 1.807) is 36.3 Å². The Balaban J connectivity index is 1.53. The summed E-state index contributed by atoms with van der Waals surface area (Å²) >= 11 is 0. The molecule has 0 aliphatic carbocycles. The predicted molar refractivity (Wildman–Crippen MR) is 103 cm³/mol. The van der Waals surface area contributed by atoms with Crippen LogP contribution in [-0.2, 0) is 6.54 Å². The summed E-state index contributed by atoms with van der Waals surface area (Å²) in [5.74, 6) is -0.546. The quantitative estimate of drug-likeness (QED) is 0.540. The van der Waals surface area contributed by atoms with Gasteiger partial charge < -0.3 is 4.90 Å². The van der Waals surface area contributed by atoms with Crippen molar-refractivity contribution in [1.29, 1.82) is 0 Å². The van der Waals surface area contributed by atoms with Crippen LogP contribution in [0.2, 0.25) is 0 Å². The van der Waals surface area contributed by atoms with Crippen LogP contribution in [0.1, 0.15) is 15.9 Å². The Morgan fingerprint density at radius 3 is 2.59 bits per heavy atom. The van der Waals surface area contributed by atoms with Crippen LogP contribution < -0.4 is 0 Å². The molecule has 0 bridgehead atoms. The van der Waals surface area contributed by atoms with Gasteiger partial charge in [-0.3, -0.25) is 4.79 Å². The lowest BCUT2D eigenvalue weighted by atomic mass is 10.1. The fraction of sp³-hybridized carbons (Fsp3) is 0.0909. The maximum atomic E-state index is 13.9. The van der Waals surface area contributed by atoms with Gasteiger partial charge in [-0.05, 0) is 34.5 Å². The highest BCUT2D eigenvalue weighted by Gasteiger charge is 2.16. The molecule has 5 heteroatoms. The van der Waals surface area contributed by atoms with Crippen LogP contribution >= 0.6 is 0 Å². The minimum atomic E-state index is -0.385.